The number of hydrogen-bond acceptors (Lipinski definition) is 2. The summed E-state index contributed by atoms with van der Waals surface area (Å²) in [5.41, 5.74) is 5.39. The number of fused-ring (bicyclic) bond motifs is 2. The summed E-state index contributed by atoms with van der Waals surface area (Å²) < 4.78 is 0. The minimum atomic E-state index is -0.211. The molecule has 1 aromatic heterocycles. The molecular weight excluding hydrogens is 384 g/mol. The zero-order valence-electron chi connectivity index (χ0n) is 18.4. The Labute approximate surface area is 184 Å². The van der Waals surface area contributed by atoms with Crippen LogP contribution in [0.15, 0.2) is 48.7 Å². The fourth-order valence-electron chi connectivity index (χ4n) is 5.33. The van der Waals surface area contributed by atoms with E-state index in [1.54, 1.807) is 0 Å². The van der Waals surface area contributed by atoms with Crippen molar-refractivity contribution in [2.24, 2.45) is 0 Å². The minimum Gasteiger partial charge on any atom is -0.361 e. The molecule has 2 amide bonds. The van der Waals surface area contributed by atoms with Gasteiger partial charge in [-0.3, -0.25) is 0 Å². The number of amides is 2. The van der Waals surface area contributed by atoms with Gasteiger partial charge >= 0.3 is 6.03 Å². The summed E-state index contributed by atoms with van der Waals surface area (Å²) in [5, 5.41) is 7.22. The number of carbonyl (C=O) groups is 1. The van der Waals surface area contributed by atoms with Crippen molar-refractivity contribution in [1.82, 2.24) is 9.88 Å². The van der Waals surface area contributed by atoms with Crippen LogP contribution in [0.3, 0.4) is 0 Å². The maximum Gasteiger partial charge on any atom is 0.323 e. The van der Waals surface area contributed by atoms with Gasteiger partial charge in [0.2, 0.25) is 0 Å². The highest BCUT2D eigenvalue weighted by Crippen LogP contribution is 2.39. The number of H-pyrrole nitrogens is 1. The summed E-state index contributed by atoms with van der Waals surface area (Å²) >= 11 is 0. The molecule has 3 aromatic rings. The number of anilines is 2. The van der Waals surface area contributed by atoms with Gasteiger partial charge in [0.15, 0.2) is 0 Å². The van der Waals surface area contributed by atoms with E-state index in [0.29, 0.717) is 11.8 Å². The molecule has 31 heavy (non-hydrogen) atoms. The van der Waals surface area contributed by atoms with Crippen LogP contribution >= 0.6 is 0 Å². The Balaban J connectivity index is 1.31. The van der Waals surface area contributed by atoms with Gasteiger partial charge in [-0.1, -0.05) is 26.0 Å². The molecule has 2 saturated heterocycles. The number of rotatable bonds is 4. The molecule has 2 aromatic carbocycles. The predicted octanol–water partition coefficient (Wildman–Crippen LogP) is 6.28. The molecule has 0 aliphatic carbocycles. The van der Waals surface area contributed by atoms with Crippen LogP contribution in [-0.4, -0.2) is 35.0 Å². The van der Waals surface area contributed by atoms with Crippen molar-refractivity contribution in [3.05, 3.63) is 59.8 Å². The number of hydrogen-bond donors (Lipinski definition) is 3. The van der Waals surface area contributed by atoms with Crippen LogP contribution in [0.2, 0.25) is 0 Å². The molecule has 3 N–H and O–H groups in total. The maximum absolute atomic E-state index is 12.6. The highest BCUT2D eigenvalue weighted by atomic mass is 16.2. The summed E-state index contributed by atoms with van der Waals surface area (Å²) in [6, 6.07) is 14.7. The van der Waals surface area contributed by atoms with Gasteiger partial charge in [0, 0.05) is 34.5 Å². The molecule has 5 rings (SSSR count). The monoisotopic (exact) mass is 416 g/mol. The van der Waals surface area contributed by atoms with E-state index in [-0.39, 0.29) is 6.03 Å². The molecule has 5 nitrogen and oxygen atoms in total. The number of nitrogens with zero attached hydrogens (tertiary/aromatic N) is 1. The van der Waals surface area contributed by atoms with Gasteiger partial charge < -0.3 is 20.5 Å². The van der Waals surface area contributed by atoms with Gasteiger partial charge in [-0.05, 0) is 92.1 Å². The summed E-state index contributed by atoms with van der Waals surface area (Å²) in [7, 11) is 0. The van der Waals surface area contributed by atoms with Crippen molar-refractivity contribution >= 4 is 28.3 Å². The van der Waals surface area contributed by atoms with Gasteiger partial charge in [0.05, 0.1) is 0 Å². The van der Waals surface area contributed by atoms with Gasteiger partial charge in [-0.25, -0.2) is 4.79 Å². The lowest BCUT2D eigenvalue weighted by Crippen LogP contribution is -2.37. The number of benzene rings is 2. The minimum absolute atomic E-state index is 0.211. The lowest BCUT2D eigenvalue weighted by Gasteiger charge is -2.34. The van der Waals surface area contributed by atoms with Crippen molar-refractivity contribution in [2.45, 2.75) is 57.4 Å². The van der Waals surface area contributed by atoms with Crippen molar-refractivity contribution in [3.63, 3.8) is 0 Å². The number of aromatic amines is 1. The Morgan fingerprint density at radius 3 is 2.74 bits per heavy atom. The quantitative estimate of drug-likeness (QED) is 0.469. The van der Waals surface area contributed by atoms with E-state index < -0.39 is 0 Å². The van der Waals surface area contributed by atoms with Crippen LogP contribution < -0.4 is 10.6 Å². The molecule has 0 bridgehead atoms. The third kappa shape index (κ3) is 4.19. The molecule has 0 saturated carbocycles. The summed E-state index contributed by atoms with van der Waals surface area (Å²) in [5.74, 6) is 1.02. The Bertz CT molecular complexity index is 1090. The smallest absolute Gasteiger partial charge is 0.323 e. The first-order valence-electron chi connectivity index (χ1n) is 11.6. The topological polar surface area (TPSA) is 60.2 Å². The van der Waals surface area contributed by atoms with Crippen molar-refractivity contribution in [2.75, 3.05) is 23.7 Å². The molecule has 0 radical (unpaired) electrons. The molecule has 5 heteroatoms. The molecular formula is C26H32N4O. The third-order valence-electron chi connectivity index (χ3n) is 7.04. The zero-order chi connectivity index (χ0) is 21.4. The van der Waals surface area contributed by atoms with E-state index in [1.165, 1.54) is 55.3 Å². The molecule has 2 aliphatic heterocycles. The van der Waals surface area contributed by atoms with E-state index >= 15 is 0 Å². The maximum atomic E-state index is 12.6. The second kappa shape index (κ2) is 8.39. The Morgan fingerprint density at radius 1 is 1.06 bits per heavy atom. The molecule has 2 atom stereocenters. The summed E-state index contributed by atoms with van der Waals surface area (Å²) in [6.07, 6.45) is 7.32. The SMILES string of the molecule is CC(C)c1cccc(NC(=O)Nc2ccc3[nH]cc(C4CCN5CCCC5C4)c3c2)c1. The van der Waals surface area contributed by atoms with Crippen LogP contribution in [0.4, 0.5) is 16.2 Å². The van der Waals surface area contributed by atoms with E-state index in [0.717, 1.165) is 22.9 Å². The van der Waals surface area contributed by atoms with Gasteiger partial charge in [-0.15, -0.1) is 0 Å². The molecule has 0 spiro atoms. The number of piperidine rings is 1. The fourth-order valence-corrected chi connectivity index (χ4v) is 5.33. The van der Waals surface area contributed by atoms with Crippen molar-refractivity contribution in [3.8, 4) is 0 Å². The highest BCUT2D eigenvalue weighted by Gasteiger charge is 2.33. The van der Waals surface area contributed by atoms with Crippen LogP contribution in [0, 0.1) is 0 Å². The molecule has 3 heterocycles. The van der Waals surface area contributed by atoms with E-state index in [9.17, 15) is 4.79 Å². The molecule has 2 fully saturated rings. The average Bonchev–Trinajstić information content (AvgIpc) is 3.39. The normalized spacial score (nSPS) is 21.4. The Morgan fingerprint density at radius 2 is 1.90 bits per heavy atom. The largest absolute Gasteiger partial charge is 0.361 e. The lowest BCUT2D eigenvalue weighted by atomic mass is 9.85. The standard InChI is InChI=1S/C26H32N4O/c1-17(2)18-5-3-6-20(13-18)28-26(31)29-21-8-9-25-23(15-21)24(16-27-25)19-10-12-30-11-4-7-22(30)14-19/h3,5-6,8-9,13,15-17,19,22,27H,4,7,10-12,14H2,1-2H3,(H2,28,29,31). The predicted molar refractivity (Wildman–Crippen MR) is 128 cm³/mol. The first kappa shape index (κ1) is 20.1. The molecule has 2 unspecified atom stereocenters. The van der Waals surface area contributed by atoms with E-state index in [1.807, 2.05) is 24.3 Å². The first-order chi connectivity index (χ1) is 15.1. The van der Waals surface area contributed by atoms with E-state index in [2.05, 4.69) is 58.8 Å². The summed E-state index contributed by atoms with van der Waals surface area (Å²) in [6.45, 7) is 6.78. The summed E-state index contributed by atoms with van der Waals surface area (Å²) in [4.78, 5) is 18.7. The van der Waals surface area contributed by atoms with Crippen molar-refractivity contribution < 1.29 is 4.79 Å². The van der Waals surface area contributed by atoms with E-state index in [4.69, 9.17) is 0 Å². The van der Waals surface area contributed by atoms with Crippen LogP contribution in [0.5, 0.6) is 0 Å². The number of urea groups is 1. The molecule has 162 valence electrons. The van der Waals surface area contributed by atoms with Gasteiger partial charge in [0.1, 0.15) is 0 Å². The second-order valence-electron chi connectivity index (χ2n) is 9.42. The van der Waals surface area contributed by atoms with Crippen molar-refractivity contribution in [1.29, 1.82) is 0 Å². The zero-order valence-corrected chi connectivity index (χ0v) is 18.4. The van der Waals surface area contributed by atoms with Crippen LogP contribution in [0.1, 0.15) is 62.5 Å². The highest BCUT2D eigenvalue weighted by molar-refractivity contribution is 6.01. The first-order valence-corrected chi connectivity index (χ1v) is 11.6. The number of aromatic nitrogens is 1. The third-order valence-corrected chi connectivity index (χ3v) is 7.04. The lowest BCUT2D eigenvalue weighted by molar-refractivity contribution is 0.181. The van der Waals surface area contributed by atoms with Crippen LogP contribution in [0.25, 0.3) is 10.9 Å². The molecule has 2 aliphatic rings. The fraction of sp³-hybridized carbons (Fsp3) is 0.423. The van der Waals surface area contributed by atoms with Gasteiger partial charge in [0.25, 0.3) is 0 Å². The number of nitrogens with one attached hydrogen (secondary N) is 3. The number of carbonyl (C=O) groups excluding carboxylic acids is 1. The average molecular weight is 417 g/mol. The Hall–Kier alpha value is -2.79. The van der Waals surface area contributed by atoms with Crippen LogP contribution in [-0.2, 0) is 0 Å². The second-order valence-corrected chi connectivity index (χ2v) is 9.42. The van der Waals surface area contributed by atoms with Gasteiger partial charge in [-0.2, -0.15) is 0 Å². The Kier molecular flexibility index (Phi) is 5.45.